The molecule has 16 heavy (non-hydrogen) atoms. The van der Waals surface area contributed by atoms with E-state index in [1.807, 2.05) is 0 Å². The minimum Gasteiger partial charge on any atom is -0.507 e. The average Bonchev–Trinajstić information content (AvgIpc) is 2.17. The van der Waals surface area contributed by atoms with Crippen LogP contribution in [0.1, 0.15) is 20.7 Å². The Labute approximate surface area is 89.1 Å². The van der Waals surface area contributed by atoms with Crippen LogP contribution >= 0.6 is 0 Å². The minimum absolute atomic E-state index is 0.111. The lowest BCUT2D eigenvalue weighted by Crippen LogP contribution is -2.07. The Morgan fingerprint density at radius 3 is 2.44 bits per heavy atom. The lowest BCUT2D eigenvalue weighted by molar-refractivity contribution is 0.00634. The van der Waals surface area contributed by atoms with E-state index >= 15 is 0 Å². The summed E-state index contributed by atoms with van der Waals surface area (Å²) in [7, 11) is 0. The summed E-state index contributed by atoms with van der Waals surface area (Å²) in [5.74, 6) is -3.57. The SMILES string of the molecule is O=Cc1c(O)cc(O)c(C(=O)OCO)c1O. The van der Waals surface area contributed by atoms with Crippen LogP contribution in [0.4, 0.5) is 0 Å². The van der Waals surface area contributed by atoms with Gasteiger partial charge in [0.25, 0.3) is 0 Å². The second-order valence-corrected chi connectivity index (χ2v) is 2.73. The van der Waals surface area contributed by atoms with Gasteiger partial charge >= 0.3 is 5.97 Å². The van der Waals surface area contributed by atoms with Gasteiger partial charge in [0, 0.05) is 6.07 Å². The molecule has 0 aliphatic carbocycles. The molecule has 1 aromatic carbocycles. The first kappa shape index (κ1) is 11.8. The van der Waals surface area contributed by atoms with E-state index in [4.69, 9.17) is 10.2 Å². The zero-order chi connectivity index (χ0) is 12.3. The summed E-state index contributed by atoms with van der Waals surface area (Å²) in [5, 5.41) is 36.2. The van der Waals surface area contributed by atoms with E-state index in [2.05, 4.69) is 4.74 Å². The standard InChI is InChI=1S/C9H8O7/c10-2-4-5(12)1-6(13)7(8(4)14)9(15)16-3-11/h1-2,11-14H,3H2. The molecule has 0 spiro atoms. The summed E-state index contributed by atoms with van der Waals surface area (Å²) in [6.07, 6.45) is 0.111. The molecule has 0 aromatic heterocycles. The van der Waals surface area contributed by atoms with Crippen LogP contribution in [0.2, 0.25) is 0 Å². The monoisotopic (exact) mass is 228 g/mol. The maximum Gasteiger partial charge on any atom is 0.347 e. The Hall–Kier alpha value is -2.28. The van der Waals surface area contributed by atoms with Crippen LogP contribution in [0.3, 0.4) is 0 Å². The second kappa shape index (κ2) is 4.49. The number of aldehydes is 1. The molecule has 0 aliphatic rings. The van der Waals surface area contributed by atoms with E-state index in [1.54, 1.807) is 0 Å². The molecule has 1 rings (SSSR count). The summed E-state index contributed by atoms with van der Waals surface area (Å²) >= 11 is 0. The molecule has 0 radical (unpaired) electrons. The highest BCUT2D eigenvalue weighted by Gasteiger charge is 2.23. The lowest BCUT2D eigenvalue weighted by atomic mass is 10.1. The summed E-state index contributed by atoms with van der Waals surface area (Å²) in [6.45, 7) is -0.949. The van der Waals surface area contributed by atoms with Crippen molar-refractivity contribution in [1.29, 1.82) is 0 Å². The van der Waals surface area contributed by atoms with Crippen molar-refractivity contribution in [3.63, 3.8) is 0 Å². The van der Waals surface area contributed by atoms with Gasteiger partial charge in [-0.25, -0.2) is 4.79 Å². The summed E-state index contributed by atoms with van der Waals surface area (Å²) < 4.78 is 4.13. The number of benzene rings is 1. The second-order valence-electron chi connectivity index (χ2n) is 2.73. The molecule has 0 atom stereocenters. The average molecular weight is 228 g/mol. The highest BCUT2D eigenvalue weighted by atomic mass is 16.6. The largest absolute Gasteiger partial charge is 0.507 e. The minimum atomic E-state index is -1.22. The highest BCUT2D eigenvalue weighted by Crippen LogP contribution is 2.36. The molecule has 86 valence electrons. The number of aliphatic hydroxyl groups excluding tert-OH is 1. The van der Waals surface area contributed by atoms with Crippen molar-refractivity contribution in [2.45, 2.75) is 0 Å². The van der Waals surface area contributed by atoms with Crippen LogP contribution < -0.4 is 0 Å². The molecular weight excluding hydrogens is 220 g/mol. The molecule has 4 N–H and O–H groups in total. The number of carbonyl (C=O) groups excluding carboxylic acids is 2. The number of ether oxygens (including phenoxy) is 1. The number of aliphatic hydroxyl groups is 1. The van der Waals surface area contributed by atoms with Gasteiger partial charge in [-0.15, -0.1) is 0 Å². The van der Waals surface area contributed by atoms with Gasteiger partial charge in [-0.05, 0) is 0 Å². The first-order valence-electron chi connectivity index (χ1n) is 4.04. The molecule has 7 nitrogen and oxygen atoms in total. The van der Waals surface area contributed by atoms with Crippen molar-refractivity contribution in [3.8, 4) is 17.2 Å². The van der Waals surface area contributed by atoms with E-state index in [-0.39, 0.29) is 6.29 Å². The van der Waals surface area contributed by atoms with Gasteiger partial charge in [-0.3, -0.25) is 4.79 Å². The Morgan fingerprint density at radius 2 is 1.94 bits per heavy atom. The maximum absolute atomic E-state index is 11.2. The van der Waals surface area contributed by atoms with E-state index in [0.717, 1.165) is 0 Å². The molecule has 0 aliphatic heterocycles. The summed E-state index contributed by atoms with van der Waals surface area (Å²) in [4.78, 5) is 21.7. The smallest absolute Gasteiger partial charge is 0.347 e. The molecule has 0 unspecified atom stereocenters. The van der Waals surface area contributed by atoms with Crippen molar-refractivity contribution in [2.24, 2.45) is 0 Å². The Morgan fingerprint density at radius 1 is 1.31 bits per heavy atom. The number of esters is 1. The van der Waals surface area contributed by atoms with Crippen molar-refractivity contribution < 1.29 is 34.8 Å². The van der Waals surface area contributed by atoms with Gasteiger partial charge in [0.15, 0.2) is 13.1 Å². The van der Waals surface area contributed by atoms with E-state index in [1.165, 1.54) is 0 Å². The van der Waals surface area contributed by atoms with Crippen molar-refractivity contribution in [2.75, 3.05) is 6.79 Å². The van der Waals surface area contributed by atoms with Crippen molar-refractivity contribution in [3.05, 3.63) is 17.2 Å². The normalized spacial score (nSPS) is 9.81. The third-order valence-electron chi connectivity index (χ3n) is 1.82. The Kier molecular flexibility index (Phi) is 3.31. The quantitative estimate of drug-likeness (QED) is 0.318. The molecule has 0 heterocycles. The van der Waals surface area contributed by atoms with Gasteiger partial charge in [0.1, 0.15) is 22.8 Å². The summed E-state index contributed by atoms with van der Waals surface area (Å²) in [6, 6.07) is 0.706. The first-order valence-corrected chi connectivity index (χ1v) is 4.04. The third-order valence-corrected chi connectivity index (χ3v) is 1.82. The van der Waals surface area contributed by atoms with Crippen LogP contribution in [-0.2, 0) is 4.74 Å². The molecular formula is C9H8O7. The van der Waals surface area contributed by atoms with Gasteiger partial charge in [0.2, 0.25) is 0 Å². The fourth-order valence-corrected chi connectivity index (χ4v) is 1.10. The molecule has 0 saturated carbocycles. The zero-order valence-corrected chi connectivity index (χ0v) is 7.88. The van der Waals surface area contributed by atoms with Crippen LogP contribution in [0.15, 0.2) is 6.07 Å². The summed E-state index contributed by atoms with van der Waals surface area (Å²) in [5.41, 5.74) is -1.25. The van der Waals surface area contributed by atoms with Crippen LogP contribution in [0.25, 0.3) is 0 Å². The van der Waals surface area contributed by atoms with Crippen LogP contribution in [-0.4, -0.2) is 39.5 Å². The number of carbonyl (C=O) groups is 2. The lowest BCUT2D eigenvalue weighted by Gasteiger charge is -2.09. The van der Waals surface area contributed by atoms with Gasteiger partial charge in [-0.1, -0.05) is 0 Å². The maximum atomic E-state index is 11.2. The predicted octanol–water partition coefficient (Wildman–Crippen LogP) is -0.278. The van der Waals surface area contributed by atoms with Gasteiger partial charge in [0.05, 0.1) is 5.56 Å². The van der Waals surface area contributed by atoms with Gasteiger partial charge in [-0.2, -0.15) is 0 Å². The predicted molar refractivity (Wildman–Crippen MR) is 49.3 cm³/mol. The Bertz CT molecular complexity index is 438. The van der Waals surface area contributed by atoms with Crippen molar-refractivity contribution >= 4 is 12.3 Å². The Balaban J connectivity index is 3.39. The van der Waals surface area contributed by atoms with E-state index in [0.29, 0.717) is 6.07 Å². The number of hydrogen-bond acceptors (Lipinski definition) is 7. The van der Waals surface area contributed by atoms with Crippen LogP contribution in [0.5, 0.6) is 17.2 Å². The molecule has 0 fully saturated rings. The topological polar surface area (TPSA) is 124 Å². The first-order chi connectivity index (χ1) is 7.52. The molecule has 0 bridgehead atoms. The molecule has 7 heteroatoms. The number of rotatable bonds is 3. The molecule has 0 saturated heterocycles. The van der Waals surface area contributed by atoms with E-state index in [9.17, 15) is 19.8 Å². The number of aromatic hydroxyl groups is 3. The fraction of sp³-hybridized carbons (Fsp3) is 0.111. The highest BCUT2D eigenvalue weighted by molar-refractivity contribution is 6.00. The number of hydrogen-bond donors (Lipinski definition) is 4. The third kappa shape index (κ3) is 1.89. The van der Waals surface area contributed by atoms with Crippen molar-refractivity contribution in [1.82, 2.24) is 0 Å². The zero-order valence-electron chi connectivity index (χ0n) is 7.88. The molecule has 0 amide bonds. The number of phenolic OH excluding ortho intramolecular Hbond substituents is 3. The number of phenols is 3. The van der Waals surface area contributed by atoms with E-state index < -0.39 is 41.1 Å². The fourth-order valence-electron chi connectivity index (χ4n) is 1.10. The van der Waals surface area contributed by atoms with Gasteiger partial charge < -0.3 is 25.2 Å². The molecule has 1 aromatic rings. The van der Waals surface area contributed by atoms with Crippen LogP contribution in [0, 0.1) is 0 Å².